The van der Waals surface area contributed by atoms with Crippen molar-refractivity contribution in [3.63, 3.8) is 0 Å². The molecule has 0 saturated heterocycles. The molecular formula is C23H25FO. The van der Waals surface area contributed by atoms with Gasteiger partial charge in [-0.25, -0.2) is 4.39 Å². The summed E-state index contributed by atoms with van der Waals surface area (Å²) in [4.78, 5) is 0. The van der Waals surface area contributed by atoms with E-state index in [1.54, 1.807) is 12.1 Å². The van der Waals surface area contributed by atoms with E-state index < -0.39 is 0 Å². The number of ether oxygens (including phenoxy) is 1. The Balaban J connectivity index is 1.50. The van der Waals surface area contributed by atoms with E-state index in [4.69, 9.17) is 4.74 Å². The maximum Gasteiger partial charge on any atom is 0.123 e. The predicted molar refractivity (Wildman–Crippen MR) is 100 cm³/mol. The van der Waals surface area contributed by atoms with Gasteiger partial charge in [0.1, 0.15) is 11.6 Å². The zero-order valence-corrected chi connectivity index (χ0v) is 14.8. The highest BCUT2D eigenvalue weighted by molar-refractivity contribution is 5.44. The Bertz CT molecular complexity index is 713. The predicted octanol–water partition coefficient (Wildman–Crippen LogP) is 5.82. The van der Waals surface area contributed by atoms with E-state index in [0.29, 0.717) is 5.92 Å². The van der Waals surface area contributed by atoms with Gasteiger partial charge in [0.2, 0.25) is 0 Å². The molecule has 1 fully saturated rings. The Kier molecular flexibility index (Phi) is 6.12. The van der Waals surface area contributed by atoms with Gasteiger partial charge in [-0.2, -0.15) is 0 Å². The number of benzene rings is 2. The van der Waals surface area contributed by atoms with Gasteiger partial charge in [-0.3, -0.25) is 0 Å². The normalized spacial score (nSPS) is 19.8. The first-order chi connectivity index (χ1) is 12.2. The van der Waals surface area contributed by atoms with E-state index in [-0.39, 0.29) is 5.82 Å². The van der Waals surface area contributed by atoms with Crippen molar-refractivity contribution in [2.45, 2.75) is 39.0 Å². The molecule has 25 heavy (non-hydrogen) atoms. The lowest BCUT2D eigenvalue weighted by molar-refractivity contribution is 0.181. The lowest BCUT2D eigenvalue weighted by Crippen LogP contribution is -2.19. The van der Waals surface area contributed by atoms with E-state index in [1.165, 1.54) is 44.2 Å². The molecule has 0 heterocycles. The lowest BCUT2D eigenvalue weighted by Gasteiger charge is -2.27. The molecule has 130 valence electrons. The summed E-state index contributed by atoms with van der Waals surface area (Å²) in [5, 5.41) is 0. The molecule has 1 saturated carbocycles. The number of rotatable bonds is 4. The van der Waals surface area contributed by atoms with Gasteiger partial charge < -0.3 is 4.74 Å². The largest absolute Gasteiger partial charge is 0.493 e. The summed E-state index contributed by atoms with van der Waals surface area (Å²) in [5.74, 6) is 8.43. The minimum absolute atomic E-state index is 0.241. The van der Waals surface area contributed by atoms with Gasteiger partial charge in [0.25, 0.3) is 0 Å². The molecule has 2 aromatic rings. The Morgan fingerprint density at radius 3 is 1.92 bits per heavy atom. The minimum atomic E-state index is -0.241. The van der Waals surface area contributed by atoms with Crippen LogP contribution in [0.5, 0.6) is 5.75 Å². The van der Waals surface area contributed by atoms with Crippen molar-refractivity contribution < 1.29 is 9.13 Å². The first kappa shape index (κ1) is 17.5. The molecule has 2 aromatic carbocycles. The lowest BCUT2D eigenvalue weighted by atomic mass is 9.81. The van der Waals surface area contributed by atoms with E-state index in [2.05, 4.69) is 18.8 Å². The van der Waals surface area contributed by atoms with E-state index in [1.807, 2.05) is 24.3 Å². The number of halogens is 1. The van der Waals surface area contributed by atoms with Crippen LogP contribution in [0.15, 0.2) is 48.5 Å². The van der Waals surface area contributed by atoms with E-state index in [0.717, 1.165) is 29.4 Å². The van der Waals surface area contributed by atoms with Crippen molar-refractivity contribution in [2.24, 2.45) is 11.8 Å². The molecule has 0 aromatic heterocycles. The molecular weight excluding hydrogens is 311 g/mol. The standard InChI is InChI=1S/C23H25FO/c1-2-18-3-7-21(8-4-18)17-25-23-15-11-20(12-16-23)6-5-19-9-13-22(24)14-10-19/h9-16,18,21H,2-4,7-8,17H2,1H3/t18-,21-. The van der Waals surface area contributed by atoms with Crippen LogP contribution in [0.1, 0.15) is 50.2 Å². The molecule has 1 aliphatic carbocycles. The van der Waals surface area contributed by atoms with Crippen LogP contribution in [0, 0.1) is 29.5 Å². The molecule has 0 unspecified atom stereocenters. The number of hydrogen-bond acceptors (Lipinski definition) is 1. The second-order valence-corrected chi connectivity index (χ2v) is 6.89. The second kappa shape index (κ2) is 8.72. The highest BCUT2D eigenvalue weighted by Gasteiger charge is 2.20. The maximum atomic E-state index is 12.9. The van der Waals surface area contributed by atoms with Crippen molar-refractivity contribution in [1.82, 2.24) is 0 Å². The molecule has 2 heteroatoms. The third kappa shape index (κ3) is 5.36. The average molecular weight is 336 g/mol. The van der Waals surface area contributed by atoms with Crippen LogP contribution in [0.25, 0.3) is 0 Å². The maximum absolute atomic E-state index is 12.9. The van der Waals surface area contributed by atoms with Gasteiger partial charge in [0.15, 0.2) is 0 Å². The summed E-state index contributed by atoms with van der Waals surface area (Å²) in [6, 6.07) is 14.1. The highest BCUT2D eigenvalue weighted by Crippen LogP contribution is 2.31. The quantitative estimate of drug-likeness (QED) is 0.639. The molecule has 0 bridgehead atoms. The summed E-state index contributed by atoms with van der Waals surface area (Å²) in [5.41, 5.74) is 1.74. The van der Waals surface area contributed by atoms with E-state index >= 15 is 0 Å². The summed E-state index contributed by atoms with van der Waals surface area (Å²) < 4.78 is 18.8. The van der Waals surface area contributed by atoms with Crippen molar-refractivity contribution in [2.75, 3.05) is 6.61 Å². The Morgan fingerprint density at radius 2 is 1.36 bits per heavy atom. The summed E-state index contributed by atoms with van der Waals surface area (Å²) in [7, 11) is 0. The fourth-order valence-corrected chi connectivity index (χ4v) is 3.33. The summed E-state index contributed by atoms with van der Waals surface area (Å²) in [6.07, 6.45) is 6.60. The van der Waals surface area contributed by atoms with Gasteiger partial charge in [-0.1, -0.05) is 38.0 Å². The molecule has 1 aliphatic rings. The van der Waals surface area contributed by atoms with Crippen LogP contribution in [0.2, 0.25) is 0 Å². The van der Waals surface area contributed by atoms with Gasteiger partial charge in [-0.05, 0) is 73.2 Å². The van der Waals surface area contributed by atoms with Crippen LogP contribution in [-0.4, -0.2) is 6.61 Å². The fourth-order valence-electron chi connectivity index (χ4n) is 3.33. The SMILES string of the molecule is CC[C@H]1CC[C@H](COc2ccc(C#Cc3ccc(F)cc3)cc2)CC1. The smallest absolute Gasteiger partial charge is 0.123 e. The zero-order chi connectivity index (χ0) is 17.5. The Hall–Kier alpha value is -2.27. The molecule has 0 spiro atoms. The summed E-state index contributed by atoms with van der Waals surface area (Å²) >= 11 is 0. The number of hydrogen-bond donors (Lipinski definition) is 0. The molecule has 0 aliphatic heterocycles. The van der Waals surface area contributed by atoms with Crippen molar-refractivity contribution in [3.05, 3.63) is 65.5 Å². The van der Waals surface area contributed by atoms with Gasteiger partial charge in [0.05, 0.1) is 6.61 Å². The Morgan fingerprint density at radius 1 is 0.840 bits per heavy atom. The van der Waals surface area contributed by atoms with Crippen molar-refractivity contribution in [1.29, 1.82) is 0 Å². The zero-order valence-electron chi connectivity index (χ0n) is 14.8. The molecule has 1 nitrogen and oxygen atoms in total. The van der Waals surface area contributed by atoms with Crippen LogP contribution in [0.3, 0.4) is 0 Å². The van der Waals surface area contributed by atoms with Crippen molar-refractivity contribution in [3.8, 4) is 17.6 Å². The molecule has 0 atom stereocenters. The molecule has 3 rings (SSSR count). The first-order valence-electron chi connectivity index (χ1n) is 9.23. The third-order valence-corrected chi connectivity index (χ3v) is 5.08. The minimum Gasteiger partial charge on any atom is -0.493 e. The fraction of sp³-hybridized carbons (Fsp3) is 0.391. The molecule has 0 radical (unpaired) electrons. The topological polar surface area (TPSA) is 9.23 Å². The Labute approximate surface area is 150 Å². The average Bonchev–Trinajstić information content (AvgIpc) is 2.67. The van der Waals surface area contributed by atoms with Crippen LogP contribution in [0.4, 0.5) is 4.39 Å². The monoisotopic (exact) mass is 336 g/mol. The third-order valence-electron chi connectivity index (χ3n) is 5.08. The van der Waals surface area contributed by atoms with E-state index in [9.17, 15) is 4.39 Å². The van der Waals surface area contributed by atoms with Crippen LogP contribution >= 0.6 is 0 Å². The summed E-state index contributed by atoms with van der Waals surface area (Å²) in [6.45, 7) is 3.11. The molecule has 0 N–H and O–H groups in total. The second-order valence-electron chi connectivity index (χ2n) is 6.89. The molecule has 0 amide bonds. The van der Waals surface area contributed by atoms with Crippen molar-refractivity contribution >= 4 is 0 Å². The van der Waals surface area contributed by atoms with Crippen LogP contribution in [-0.2, 0) is 0 Å². The first-order valence-corrected chi connectivity index (χ1v) is 9.23. The van der Waals surface area contributed by atoms with Gasteiger partial charge >= 0.3 is 0 Å². The van der Waals surface area contributed by atoms with Crippen LogP contribution < -0.4 is 4.74 Å². The van der Waals surface area contributed by atoms with Gasteiger partial charge in [0, 0.05) is 11.1 Å². The highest BCUT2D eigenvalue weighted by atomic mass is 19.1. The van der Waals surface area contributed by atoms with Gasteiger partial charge in [-0.15, -0.1) is 0 Å².